The van der Waals surface area contributed by atoms with Gasteiger partial charge in [-0.1, -0.05) is 0 Å². The zero-order valence-corrected chi connectivity index (χ0v) is 10.2. The van der Waals surface area contributed by atoms with E-state index in [4.69, 9.17) is 0 Å². The summed E-state index contributed by atoms with van der Waals surface area (Å²) in [6.45, 7) is 0.495. The van der Waals surface area contributed by atoms with Crippen molar-refractivity contribution in [3.05, 3.63) is 23.9 Å². The fourth-order valence-corrected chi connectivity index (χ4v) is 1.83. The van der Waals surface area contributed by atoms with E-state index in [0.29, 0.717) is 30.8 Å². The van der Waals surface area contributed by atoms with Crippen molar-refractivity contribution in [2.24, 2.45) is 0 Å². The lowest BCUT2D eigenvalue weighted by atomic mass is 10.1. The highest BCUT2D eigenvalue weighted by molar-refractivity contribution is 5.95. The van der Waals surface area contributed by atoms with E-state index in [0.717, 1.165) is 0 Å². The second-order valence-corrected chi connectivity index (χ2v) is 4.19. The second kappa shape index (κ2) is 5.48. The van der Waals surface area contributed by atoms with Crippen molar-refractivity contribution in [1.82, 2.24) is 15.6 Å². The number of hydrogen-bond donors (Lipinski definition) is 3. The van der Waals surface area contributed by atoms with E-state index in [1.165, 1.54) is 0 Å². The van der Waals surface area contributed by atoms with E-state index < -0.39 is 0 Å². The van der Waals surface area contributed by atoms with Crippen LogP contribution in [0.4, 0.5) is 5.82 Å². The van der Waals surface area contributed by atoms with Crippen LogP contribution in [0.5, 0.6) is 0 Å². The fraction of sp³-hybridized carbons (Fsp3) is 0.417. The molecule has 1 atom stereocenters. The molecule has 0 spiro atoms. The lowest BCUT2D eigenvalue weighted by Gasteiger charge is -2.23. The van der Waals surface area contributed by atoms with Crippen molar-refractivity contribution >= 4 is 17.6 Å². The van der Waals surface area contributed by atoms with E-state index in [1.807, 2.05) is 0 Å². The topological polar surface area (TPSA) is 83.1 Å². The van der Waals surface area contributed by atoms with E-state index in [-0.39, 0.29) is 17.9 Å². The third-order valence-corrected chi connectivity index (χ3v) is 2.88. The molecule has 2 rings (SSSR count). The first-order chi connectivity index (χ1) is 8.69. The van der Waals surface area contributed by atoms with E-state index in [9.17, 15) is 9.59 Å². The molecular weight excluding hydrogens is 232 g/mol. The summed E-state index contributed by atoms with van der Waals surface area (Å²) < 4.78 is 0. The summed E-state index contributed by atoms with van der Waals surface area (Å²) in [4.78, 5) is 27.0. The Morgan fingerprint density at radius 2 is 2.39 bits per heavy atom. The van der Waals surface area contributed by atoms with Gasteiger partial charge in [0.2, 0.25) is 5.91 Å². The van der Waals surface area contributed by atoms with Crippen LogP contribution in [0, 0.1) is 0 Å². The molecule has 0 aromatic carbocycles. The van der Waals surface area contributed by atoms with Gasteiger partial charge in [-0.05, 0) is 18.6 Å². The predicted octanol–water partition coefficient (Wildman–Crippen LogP) is 0.132. The van der Waals surface area contributed by atoms with Crippen molar-refractivity contribution in [2.75, 3.05) is 18.9 Å². The Labute approximate surface area is 105 Å². The van der Waals surface area contributed by atoms with Crippen LogP contribution < -0.4 is 16.0 Å². The zero-order chi connectivity index (χ0) is 13.0. The van der Waals surface area contributed by atoms with Gasteiger partial charge in [-0.25, -0.2) is 4.98 Å². The molecule has 6 heteroatoms. The Kier molecular flexibility index (Phi) is 3.76. The molecule has 3 N–H and O–H groups in total. The van der Waals surface area contributed by atoms with Crippen LogP contribution in [-0.2, 0) is 4.79 Å². The summed E-state index contributed by atoms with van der Waals surface area (Å²) in [7, 11) is 1.75. The smallest absolute Gasteiger partial charge is 0.251 e. The highest BCUT2D eigenvalue weighted by atomic mass is 16.2. The second-order valence-electron chi connectivity index (χ2n) is 4.19. The van der Waals surface area contributed by atoms with Gasteiger partial charge < -0.3 is 16.0 Å². The van der Waals surface area contributed by atoms with Gasteiger partial charge in [0.15, 0.2) is 0 Å². The van der Waals surface area contributed by atoms with Crippen molar-refractivity contribution in [1.29, 1.82) is 0 Å². The molecule has 0 bridgehead atoms. The predicted molar refractivity (Wildman–Crippen MR) is 67.3 cm³/mol. The molecule has 1 aliphatic rings. The van der Waals surface area contributed by atoms with E-state index in [1.54, 1.807) is 25.4 Å². The maximum atomic E-state index is 12.0. The summed E-state index contributed by atoms with van der Waals surface area (Å²) >= 11 is 0. The largest absolute Gasteiger partial charge is 0.373 e. The number of nitrogens with zero attached hydrogens (tertiary/aromatic N) is 1. The van der Waals surface area contributed by atoms with Gasteiger partial charge in [0, 0.05) is 37.8 Å². The van der Waals surface area contributed by atoms with Crippen LogP contribution in [0.15, 0.2) is 18.3 Å². The van der Waals surface area contributed by atoms with Crippen LogP contribution in [0.1, 0.15) is 23.2 Å². The zero-order valence-electron chi connectivity index (χ0n) is 10.2. The van der Waals surface area contributed by atoms with Gasteiger partial charge in [0.05, 0.1) is 0 Å². The third-order valence-electron chi connectivity index (χ3n) is 2.88. The Hall–Kier alpha value is -2.11. The first kappa shape index (κ1) is 12.3. The Morgan fingerprint density at radius 3 is 3.06 bits per heavy atom. The van der Waals surface area contributed by atoms with Gasteiger partial charge in [0.25, 0.3) is 5.91 Å². The van der Waals surface area contributed by atoms with Gasteiger partial charge in [-0.3, -0.25) is 9.59 Å². The number of amides is 2. The molecule has 2 amide bonds. The molecule has 6 nitrogen and oxygen atoms in total. The summed E-state index contributed by atoms with van der Waals surface area (Å²) in [5, 5.41) is 8.51. The molecule has 1 saturated heterocycles. The average molecular weight is 248 g/mol. The molecule has 2 heterocycles. The molecule has 0 aliphatic carbocycles. The number of carbonyl (C=O) groups excluding carboxylic acids is 2. The number of pyridine rings is 1. The van der Waals surface area contributed by atoms with Crippen LogP contribution in [0.2, 0.25) is 0 Å². The third kappa shape index (κ3) is 2.97. The Balaban J connectivity index is 1.96. The van der Waals surface area contributed by atoms with E-state index in [2.05, 4.69) is 20.9 Å². The minimum absolute atomic E-state index is 0.00130. The molecule has 0 saturated carbocycles. The molecule has 1 aromatic rings. The number of nitrogens with one attached hydrogen (secondary N) is 3. The molecule has 1 fully saturated rings. The number of rotatable bonds is 3. The molecular formula is C12H16N4O2. The maximum absolute atomic E-state index is 12.0. The van der Waals surface area contributed by atoms with Crippen LogP contribution in [0.3, 0.4) is 0 Å². The summed E-state index contributed by atoms with van der Waals surface area (Å²) in [5.74, 6) is 0.552. The molecule has 1 unspecified atom stereocenters. The standard InChI is InChI=1S/C12H16N4O2/c1-13-10-6-8(4-5-14-10)12(18)16-9-2-3-11(17)15-7-9/h4-6,9H,2-3,7H2,1H3,(H,13,14)(H,15,17)(H,16,18). The highest BCUT2D eigenvalue weighted by Gasteiger charge is 2.20. The summed E-state index contributed by atoms with van der Waals surface area (Å²) in [5.41, 5.74) is 0.561. The Morgan fingerprint density at radius 1 is 1.56 bits per heavy atom. The van der Waals surface area contributed by atoms with Crippen LogP contribution in [-0.4, -0.2) is 36.4 Å². The van der Waals surface area contributed by atoms with Crippen molar-refractivity contribution in [2.45, 2.75) is 18.9 Å². The minimum Gasteiger partial charge on any atom is -0.373 e. The van der Waals surface area contributed by atoms with Crippen molar-refractivity contribution in [3.63, 3.8) is 0 Å². The first-order valence-corrected chi connectivity index (χ1v) is 5.90. The molecule has 1 aromatic heterocycles. The number of anilines is 1. The first-order valence-electron chi connectivity index (χ1n) is 5.90. The van der Waals surface area contributed by atoms with Gasteiger partial charge in [0.1, 0.15) is 5.82 Å². The monoisotopic (exact) mass is 248 g/mol. The van der Waals surface area contributed by atoms with Gasteiger partial charge in [-0.2, -0.15) is 0 Å². The summed E-state index contributed by atoms with van der Waals surface area (Å²) in [6.07, 6.45) is 2.73. The Bertz CT molecular complexity index is 451. The lowest BCUT2D eigenvalue weighted by Crippen LogP contribution is -2.47. The molecule has 1 aliphatic heterocycles. The van der Waals surface area contributed by atoms with Crippen molar-refractivity contribution < 1.29 is 9.59 Å². The lowest BCUT2D eigenvalue weighted by molar-refractivity contribution is -0.122. The molecule has 0 radical (unpaired) electrons. The van der Waals surface area contributed by atoms with Crippen LogP contribution >= 0.6 is 0 Å². The fourth-order valence-electron chi connectivity index (χ4n) is 1.83. The summed E-state index contributed by atoms with van der Waals surface area (Å²) in [6, 6.07) is 3.36. The number of carbonyl (C=O) groups is 2. The number of aromatic nitrogens is 1. The SMILES string of the molecule is CNc1cc(C(=O)NC2CCC(=O)NC2)ccn1. The molecule has 96 valence electrons. The average Bonchev–Trinajstić information content (AvgIpc) is 2.41. The van der Waals surface area contributed by atoms with Gasteiger partial charge >= 0.3 is 0 Å². The maximum Gasteiger partial charge on any atom is 0.251 e. The van der Waals surface area contributed by atoms with Gasteiger partial charge in [-0.15, -0.1) is 0 Å². The normalized spacial score (nSPS) is 18.9. The number of hydrogen-bond acceptors (Lipinski definition) is 4. The quantitative estimate of drug-likeness (QED) is 0.710. The van der Waals surface area contributed by atoms with Crippen molar-refractivity contribution in [3.8, 4) is 0 Å². The van der Waals surface area contributed by atoms with Crippen LogP contribution in [0.25, 0.3) is 0 Å². The molecule has 18 heavy (non-hydrogen) atoms. The number of piperidine rings is 1. The highest BCUT2D eigenvalue weighted by Crippen LogP contribution is 2.08. The van der Waals surface area contributed by atoms with E-state index >= 15 is 0 Å². The minimum atomic E-state index is -0.143.